The number of hydrogen-bond acceptors (Lipinski definition) is 4. The Labute approximate surface area is 264 Å². The average molecular weight is 605 g/mol. The molecule has 232 valence electrons. The summed E-state index contributed by atoms with van der Waals surface area (Å²) in [5.41, 5.74) is 8.90. The molecule has 7 heteroatoms. The van der Waals surface area contributed by atoms with Crippen LogP contribution in [0.5, 0.6) is 0 Å². The molecular weight excluding hydrogens is 564 g/mol. The molecule has 0 saturated heterocycles. The van der Waals surface area contributed by atoms with E-state index in [-0.39, 0.29) is 35.0 Å². The number of aromatic carboxylic acids is 1. The minimum Gasteiger partial charge on any atom is -0.478 e. The summed E-state index contributed by atoms with van der Waals surface area (Å²) in [4.78, 5) is 35.6. The van der Waals surface area contributed by atoms with Gasteiger partial charge in [0.05, 0.1) is 16.5 Å². The third-order valence-electron chi connectivity index (χ3n) is 8.75. The first-order valence-electron chi connectivity index (χ1n) is 15.1. The number of nitrogens with zero attached hydrogens (tertiary/aromatic N) is 1. The maximum absolute atomic E-state index is 13.3. The molecule has 0 bridgehead atoms. The number of benzene rings is 4. The molecule has 0 saturated carbocycles. The minimum absolute atomic E-state index is 0.0107. The van der Waals surface area contributed by atoms with Gasteiger partial charge in [0.2, 0.25) is 0 Å². The lowest BCUT2D eigenvalue weighted by Gasteiger charge is -2.25. The molecule has 0 aliphatic rings. The second-order valence-corrected chi connectivity index (χ2v) is 12.0. The van der Waals surface area contributed by atoms with Crippen LogP contribution in [0.2, 0.25) is 0 Å². The zero-order valence-corrected chi connectivity index (χ0v) is 26.6. The zero-order chi connectivity index (χ0) is 32.8. The number of carbonyl (C=O) groups excluding carboxylic acids is 1. The normalized spacial score (nSPS) is 12.9. The highest BCUT2D eigenvalue weighted by Crippen LogP contribution is 2.35. The molecule has 45 heavy (non-hydrogen) atoms. The van der Waals surface area contributed by atoms with E-state index in [9.17, 15) is 24.8 Å². The maximum Gasteiger partial charge on any atom is 0.336 e. The Balaban J connectivity index is 1.53. The fourth-order valence-electron chi connectivity index (χ4n) is 5.53. The number of non-ortho nitro benzene ring substituents is 1. The lowest BCUT2D eigenvalue weighted by molar-refractivity contribution is -0.384. The van der Waals surface area contributed by atoms with Gasteiger partial charge in [-0.25, -0.2) is 4.79 Å². The van der Waals surface area contributed by atoms with Crippen molar-refractivity contribution in [2.45, 2.75) is 59.9 Å². The summed E-state index contributed by atoms with van der Waals surface area (Å²) < 4.78 is 0. The molecule has 4 aromatic carbocycles. The molecule has 0 aliphatic carbocycles. The molecule has 0 fully saturated rings. The van der Waals surface area contributed by atoms with Crippen molar-refractivity contribution < 1.29 is 19.6 Å². The highest BCUT2D eigenvalue weighted by Gasteiger charge is 2.22. The number of rotatable bonds is 11. The van der Waals surface area contributed by atoms with Gasteiger partial charge in [-0.3, -0.25) is 14.9 Å². The Morgan fingerprint density at radius 2 is 1.49 bits per heavy atom. The zero-order valence-electron chi connectivity index (χ0n) is 26.6. The standard InChI is InChI=1S/C38H40N2O5/c1-23(2)25(4)36-22-31(37(41)39-27(6)29-15-18-32(19-16-29)40(44)45)17-20-33(36)26(5)24(3)21-28-11-13-30(14-12-28)34-9-7-8-10-35(34)38(42)43/h7-20,22,24,26-27H,21H2,1-6H3,(H,39,41)(H,42,43)/t24?,26?,27-/m0/s1. The van der Waals surface area contributed by atoms with E-state index >= 15 is 0 Å². The molecule has 2 N–H and O–H groups in total. The first-order chi connectivity index (χ1) is 21.4. The third kappa shape index (κ3) is 7.73. The number of carboxylic acid groups (broad SMARTS) is 1. The molecule has 0 aliphatic heterocycles. The van der Waals surface area contributed by atoms with Gasteiger partial charge in [-0.05, 0) is 103 Å². The average Bonchev–Trinajstić information content (AvgIpc) is 3.04. The molecule has 1 amide bonds. The van der Waals surface area contributed by atoms with Crippen LogP contribution >= 0.6 is 0 Å². The Hall–Kier alpha value is -5.04. The van der Waals surface area contributed by atoms with Crippen molar-refractivity contribution in [2.24, 2.45) is 5.92 Å². The number of carboxylic acids is 1. The molecule has 3 atom stereocenters. The Bertz CT molecular complexity index is 1740. The molecule has 0 heterocycles. The van der Waals surface area contributed by atoms with Crippen molar-refractivity contribution in [3.63, 3.8) is 0 Å². The van der Waals surface area contributed by atoms with Crippen molar-refractivity contribution in [2.75, 3.05) is 0 Å². The van der Waals surface area contributed by atoms with Crippen LogP contribution in [0.4, 0.5) is 5.69 Å². The summed E-state index contributed by atoms with van der Waals surface area (Å²) in [6.07, 6.45) is 0.838. The number of amides is 1. The van der Waals surface area contributed by atoms with Gasteiger partial charge in [0, 0.05) is 17.7 Å². The van der Waals surface area contributed by atoms with E-state index < -0.39 is 10.9 Å². The predicted molar refractivity (Wildman–Crippen MR) is 179 cm³/mol. The largest absolute Gasteiger partial charge is 0.478 e. The molecule has 0 radical (unpaired) electrons. The van der Waals surface area contributed by atoms with Gasteiger partial charge < -0.3 is 10.4 Å². The monoisotopic (exact) mass is 604 g/mol. The Morgan fingerprint density at radius 3 is 2.09 bits per heavy atom. The molecule has 4 aromatic rings. The van der Waals surface area contributed by atoms with Gasteiger partial charge in [0.15, 0.2) is 0 Å². The van der Waals surface area contributed by atoms with Crippen LogP contribution in [0.15, 0.2) is 96.6 Å². The fraction of sp³-hybridized carbons (Fsp3) is 0.263. The predicted octanol–water partition coefficient (Wildman–Crippen LogP) is 9.25. The maximum atomic E-state index is 13.3. The first kappa shape index (κ1) is 32.9. The summed E-state index contributed by atoms with van der Waals surface area (Å²) in [5, 5.41) is 23.6. The smallest absolute Gasteiger partial charge is 0.336 e. The molecule has 2 unspecified atom stereocenters. The summed E-state index contributed by atoms with van der Waals surface area (Å²) in [6.45, 7) is 12.5. The lowest BCUT2D eigenvalue weighted by Crippen LogP contribution is -2.27. The van der Waals surface area contributed by atoms with Gasteiger partial charge >= 0.3 is 5.97 Å². The van der Waals surface area contributed by atoms with Crippen molar-refractivity contribution in [3.8, 4) is 11.1 Å². The van der Waals surface area contributed by atoms with E-state index in [1.807, 2.05) is 43.3 Å². The Morgan fingerprint density at radius 1 is 0.844 bits per heavy atom. The second-order valence-electron chi connectivity index (χ2n) is 12.0. The van der Waals surface area contributed by atoms with E-state index in [0.717, 1.165) is 28.7 Å². The van der Waals surface area contributed by atoms with Gasteiger partial charge in [-0.2, -0.15) is 0 Å². The molecule has 0 aromatic heterocycles. The SMILES string of the molecule is CC(C)=C(C)c1cc(C(=O)N[C@@H](C)c2ccc([N+](=O)[O-])cc2)ccc1C(C)C(C)Cc1ccc(-c2ccccc2C(=O)O)cc1. The van der Waals surface area contributed by atoms with E-state index in [2.05, 4.69) is 58.1 Å². The molecule has 0 spiro atoms. The van der Waals surface area contributed by atoms with Crippen molar-refractivity contribution in [1.29, 1.82) is 0 Å². The van der Waals surface area contributed by atoms with Crippen LogP contribution in [0.1, 0.15) is 96.5 Å². The third-order valence-corrected chi connectivity index (χ3v) is 8.75. The number of hydrogen-bond donors (Lipinski definition) is 2. The number of nitro benzene ring substituents is 1. The highest BCUT2D eigenvalue weighted by atomic mass is 16.6. The number of carbonyl (C=O) groups is 2. The summed E-state index contributed by atoms with van der Waals surface area (Å²) >= 11 is 0. The van der Waals surface area contributed by atoms with Crippen molar-refractivity contribution in [1.82, 2.24) is 5.32 Å². The van der Waals surface area contributed by atoms with E-state index in [0.29, 0.717) is 11.1 Å². The first-order valence-corrected chi connectivity index (χ1v) is 15.1. The van der Waals surface area contributed by atoms with E-state index in [1.54, 1.807) is 24.3 Å². The van der Waals surface area contributed by atoms with Crippen molar-refractivity contribution >= 4 is 23.1 Å². The quantitative estimate of drug-likeness (QED) is 0.131. The van der Waals surface area contributed by atoms with Gasteiger partial charge in [-0.15, -0.1) is 0 Å². The van der Waals surface area contributed by atoms with Gasteiger partial charge in [0.25, 0.3) is 11.6 Å². The Kier molecular flexibility index (Phi) is 10.3. The van der Waals surface area contributed by atoms with Crippen LogP contribution in [-0.4, -0.2) is 21.9 Å². The lowest BCUT2D eigenvalue weighted by atomic mass is 9.80. The van der Waals surface area contributed by atoms with Crippen LogP contribution in [0.3, 0.4) is 0 Å². The van der Waals surface area contributed by atoms with Gasteiger partial charge in [-0.1, -0.05) is 80.1 Å². The summed E-state index contributed by atoms with van der Waals surface area (Å²) in [5.74, 6) is -0.673. The topological polar surface area (TPSA) is 110 Å². The van der Waals surface area contributed by atoms with Gasteiger partial charge in [0.1, 0.15) is 0 Å². The molecule has 4 rings (SSSR count). The number of nitrogens with one attached hydrogen (secondary N) is 1. The van der Waals surface area contributed by atoms with Crippen molar-refractivity contribution in [3.05, 3.63) is 140 Å². The molecule has 7 nitrogen and oxygen atoms in total. The van der Waals surface area contributed by atoms with Crippen LogP contribution < -0.4 is 5.32 Å². The van der Waals surface area contributed by atoms with Crippen LogP contribution in [-0.2, 0) is 6.42 Å². The van der Waals surface area contributed by atoms with E-state index in [4.69, 9.17) is 0 Å². The highest BCUT2D eigenvalue weighted by molar-refractivity contribution is 5.96. The van der Waals surface area contributed by atoms with Crippen LogP contribution in [0.25, 0.3) is 16.7 Å². The summed E-state index contributed by atoms with van der Waals surface area (Å²) in [6, 6.07) is 26.9. The van der Waals surface area contributed by atoms with Crippen LogP contribution in [0, 0.1) is 16.0 Å². The fourth-order valence-corrected chi connectivity index (χ4v) is 5.53. The second kappa shape index (κ2) is 14.2. The summed E-state index contributed by atoms with van der Waals surface area (Å²) in [7, 11) is 0. The number of allylic oxidation sites excluding steroid dienone is 2. The minimum atomic E-state index is -0.943. The molecular formula is C38H40N2O5. The number of nitro groups is 1. The van der Waals surface area contributed by atoms with E-state index in [1.165, 1.54) is 28.8 Å².